The standard InChI is InChI=1S/C28H35NO3/c1-28-13-12-20-21(24(28)10-11-25(28)27(32)16-30)9-6-18-14-26(31)23(15-22(18)20)17-4-7-19(8-5-17)29(2)3/h4-5,7-8,14,21,23-25,30H,6,9-13,15-16H2,1-3H3/t21-,23?,24+,25-,28+/m1/s1. The average molecular weight is 434 g/mol. The quantitative estimate of drug-likeness (QED) is 0.739. The molecule has 4 aliphatic rings. The molecule has 1 N–H and O–H groups in total. The number of anilines is 1. The van der Waals surface area contributed by atoms with Crippen LogP contribution in [0.2, 0.25) is 0 Å². The summed E-state index contributed by atoms with van der Waals surface area (Å²) in [6, 6.07) is 8.43. The molecular weight excluding hydrogens is 398 g/mol. The molecule has 0 bridgehead atoms. The minimum Gasteiger partial charge on any atom is -0.389 e. The van der Waals surface area contributed by atoms with Crippen LogP contribution in [0.15, 0.2) is 47.1 Å². The van der Waals surface area contributed by atoms with Crippen molar-refractivity contribution in [1.29, 1.82) is 0 Å². The third-order valence-electron chi connectivity index (χ3n) is 9.20. The van der Waals surface area contributed by atoms with Crippen LogP contribution in [0.5, 0.6) is 0 Å². The van der Waals surface area contributed by atoms with Crippen molar-refractivity contribution in [2.45, 2.75) is 57.8 Å². The van der Waals surface area contributed by atoms with Gasteiger partial charge in [-0.3, -0.25) is 9.59 Å². The number of aliphatic hydroxyl groups excluding tert-OH is 1. The van der Waals surface area contributed by atoms with Crippen molar-refractivity contribution in [2.24, 2.45) is 23.2 Å². The van der Waals surface area contributed by atoms with Gasteiger partial charge in [-0.15, -0.1) is 0 Å². The van der Waals surface area contributed by atoms with Crippen molar-refractivity contribution in [2.75, 3.05) is 25.6 Å². The Morgan fingerprint density at radius 1 is 1.12 bits per heavy atom. The second-order valence-electron chi connectivity index (χ2n) is 10.8. The third kappa shape index (κ3) is 3.30. The number of hydrogen-bond donors (Lipinski definition) is 1. The van der Waals surface area contributed by atoms with E-state index >= 15 is 0 Å². The molecule has 2 saturated carbocycles. The summed E-state index contributed by atoms with van der Waals surface area (Å²) in [5, 5.41) is 9.50. The van der Waals surface area contributed by atoms with Crippen molar-refractivity contribution in [3.8, 4) is 0 Å². The molecule has 32 heavy (non-hydrogen) atoms. The summed E-state index contributed by atoms with van der Waals surface area (Å²) >= 11 is 0. The number of fused-ring (bicyclic) bond motifs is 4. The molecule has 0 spiro atoms. The van der Waals surface area contributed by atoms with E-state index in [0.717, 1.165) is 56.2 Å². The Balaban J connectivity index is 1.46. The molecule has 0 aliphatic heterocycles. The highest BCUT2D eigenvalue weighted by Gasteiger charge is 2.55. The average Bonchev–Trinajstić information content (AvgIpc) is 3.15. The molecule has 4 nitrogen and oxygen atoms in total. The second kappa shape index (κ2) is 7.98. The van der Waals surface area contributed by atoms with Crippen LogP contribution in [-0.2, 0) is 9.59 Å². The first-order valence-electron chi connectivity index (χ1n) is 12.2. The van der Waals surface area contributed by atoms with E-state index in [-0.39, 0.29) is 35.4 Å². The van der Waals surface area contributed by atoms with Crippen LogP contribution in [0.4, 0.5) is 5.69 Å². The molecule has 0 radical (unpaired) electrons. The minimum absolute atomic E-state index is 0.0110. The van der Waals surface area contributed by atoms with E-state index in [4.69, 9.17) is 0 Å². The summed E-state index contributed by atoms with van der Waals surface area (Å²) < 4.78 is 0. The predicted molar refractivity (Wildman–Crippen MR) is 127 cm³/mol. The summed E-state index contributed by atoms with van der Waals surface area (Å²) in [5.41, 5.74) is 6.56. The fourth-order valence-corrected chi connectivity index (χ4v) is 7.46. The largest absolute Gasteiger partial charge is 0.389 e. The van der Waals surface area contributed by atoms with Crippen LogP contribution in [0.3, 0.4) is 0 Å². The number of allylic oxidation sites excluding steroid dienone is 4. The van der Waals surface area contributed by atoms with Gasteiger partial charge in [-0.05, 0) is 97.1 Å². The Kier molecular flexibility index (Phi) is 5.40. The van der Waals surface area contributed by atoms with Crippen molar-refractivity contribution >= 4 is 17.3 Å². The molecular formula is C28H35NO3. The molecule has 5 rings (SSSR count). The fourth-order valence-electron chi connectivity index (χ4n) is 7.46. The van der Waals surface area contributed by atoms with Crippen LogP contribution in [-0.4, -0.2) is 37.4 Å². The molecule has 0 heterocycles. The second-order valence-corrected chi connectivity index (χ2v) is 10.8. The molecule has 1 aromatic rings. The molecule has 5 atom stereocenters. The van der Waals surface area contributed by atoms with Gasteiger partial charge in [0, 0.05) is 25.7 Å². The Hall–Kier alpha value is -2.20. The van der Waals surface area contributed by atoms with E-state index in [1.807, 2.05) is 20.2 Å². The van der Waals surface area contributed by atoms with Crippen LogP contribution in [0.25, 0.3) is 0 Å². The number of carbonyl (C=O) groups is 2. The van der Waals surface area contributed by atoms with Gasteiger partial charge in [0.1, 0.15) is 6.61 Å². The Labute approximate surface area is 191 Å². The van der Waals surface area contributed by atoms with Gasteiger partial charge < -0.3 is 10.0 Å². The molecule has 170 valence electrons. The summed E-state index contributed by atoms with van der Waals surface area (Å²) in [5.74, 6) is 1.26. The maximum Gasteiger partial charge on any atom is 0.163 e. The van der Waals surface area contributed by atoms with Crippen LogP contribution in [0, 0.1) is 23.2 Å². The van der Waals surface area contributed by atoms with E-state index in [9.17, 15) is 14.7 Å². The van der Waals surface area contributed by atoms with E-state index < -0.39 is 0 Å². The smallest absolute Gasteiger partial charge is 0.163 e. The lowest BCUT2D eigenvalue weighted by molar-refractivity contribution is -0.130. The van der Waals surface area contributed by atoms with Gasteiger partial charge >= 0.3 is 0 Å². The van der Waals surface area contributed by atoms with Gasteiger partial charge in [-0.2, -0.15) is 0 Å². The number of rotatable bonds is 4. The Morgan fingerprint density at radius 3 is 2.56 bits per heavy atom. The highest BCUT2D eigenvalue weighted by molar-refractivity contribution is 5.98. The topological polar surface area (TPSA) is 57.6 Å². The number of ketones is 2. The maximum absolute atomic E-state index is 13.0. The van der Waals surface area contributed by atoms with Gasteiger partial charge in [0.2, 0.25) is 0 Å². The van der Waals surface area contributed by atoms with Crippen molar-refractivity contribution in [3.63, 3.8) is 0 Å². The lowest BCUT2D eigenvalue weighted by Crippen LogP contribution is -2.42. The van der Waals surface area contributed by atoms with Gasteiger partial charge in [0.25, 0.3) is 0 Å². The zero-order valence-corrected chi connectivity index (χ0v) is 19.6. The van der Waals surface area contributed by atoms with Crippen molar-refractivity contribution < 1.29 is 14.7 Å². The first-order valence-corrected chi connectivity index (χ1v) is 12.2. The zero-order valence-electron chi connectivity index (χ0n) is 19.6. The summed E-state index contributed by atoms with van der Waals surface area (Å²) in [6.07, 6.45) is 8.89. The van der Waals surface area contributed by atoms with E-state index in [1.54, 1.807) is 5.57 Å². The third-order valence-corrected chi connectivity index (χ3v) is 9.20. The molecule has 4 heteroatoms. The van der Waals surface area contributed by atoms with Gasteiger partial charge in [-0.1, -0.05) is 24.6 Å². The number of nitrogens with zero attached hydrogens (tertiary/aromatic N) is 1. The first kappa shape index (κ1) is 21.6. The Bertz CT molecular complexity index is 1000. The zero-order chi connectivity index (χ0) is 22.6. The van der Waals surface area contributed by atoms with Crippen molar-refractivity contribution in [3.05, 3.63) is 52.6 Å². The number of benzene rings is 1. The van der Waals surface area contributed by atoms with Gasteiger partial charge in [0.05, 0.1) is 5.92 Å². The fraction of sp³-hybridized carbons (Fsp3) is 0.571. The lowest BCUT2D eigenvalue weighted by atomic mass is 9.55. The van der Waals surface area contributed by atoms with E-state index in [2.05, 4.69) is 36.1 Å². The number of aliphatic hydroxyl groups is 1. The SMILES string of the molecule is CN(C)c1ccc(C2CC3=C4CC[C@]5(C)[C@@H](C(=O)CO)CC[C@H]5[C@@H]4CCC3=CC2=O)cc1. The van der Waals surface area contributed by atoms with Crippen LogP contribution < -0.4 is 4.90 Å². The lowest BCUT2D eigenvalue weighted by Gasteiger charge is -2.49. The van der Waals surface area contributed by atoms with Gasteiger partial charge in [-0.25, -0.2) is 0 Å². The van der Waals surface area contributed by atoms with Crippen LogP contribution >= 0.6 is 0 Å². The number of Topliss-reactive ketones (excluding diaryl/α,β-unsaturated/α-hetero) is 1. The molecule has 0 aromatic heterocycles. The monoisotopic (exact) mass is 433 g/mol. The van der Waals surface area contributed by atoms with E-state index in [1.165, 1.54) is 11.1 Å². The van der Waals surface area contributed by atoms with E-state index in [0.29, 0.717) is 11.8 Å². The molecule has 2 fully saturated rings. The predicted octanol–water partition coefficient (Wildman–Crippen LogP) is 4.83. The maximum atomic E-state index is 13.0. The molecule has 0 amide bonds. The summed E-state index contributed by atoms with van der Waals surface area (Å²) in [7, 11) is 4.06. The molecule has 0 saturated heterocycles. The number of hydrogen-bond acceptors (Lipinski definition) is 4. The highest BCUT2D eigenvalue weighted by Crippen LogP contribution is 2.62. The minimum atomic E-state index is -0.325. The normalized spacial score (nSPS) is 33.9. The molecule has 1 aromatic carbocycles. The Morgan fingerprint density at radius 2 is 1.88 bits per heavy atom. The first-order chi connectivity index (χ1) is 15.3. The van der Waals surface area contributed by atoms with Crippen LogP contribution in [0.1, 0.15) is 63.4 Å². The molecule has 4 aliphatic carbocycles. The summed E-state index contributed by atoms with van der Waals surface area (Å²) in [6.45, 7) is 1.98. The summed E-state index contributed by atoms with van der Waals surface area (Å²) in [4.78, 5) is 27.6. The number of carbonyl (C=O) groups excluding carboxylic acids is 2. The highest BCUT2D eigenvalue weighted by atomic mass is 16.3. The van der Waals surface area contributed by atoms with Crippen molar-refractivity contribution in [1.82, 2.24) is 0 Å². The van der Waals surface area contributed by atoms with Gasteiger partial charge in [0.15, 0.2) is 11.6 Å². The molecule has 1 unspecified atom stereocenters.